The van der Waals surface area contributed by atoms with Gasteiger partial charge in [0.05, 0.1) is 7.11 Å². The Morgan fingerprint density at radius 1 is 1.09 bits per heavy atom. The van der Waals surface area contributed by atoms with Crippen molar-refractivity contribution in [3.8, 4) is 11.5 Å². The van der Waals surface area contributed by atoms with Crippen LogP contribution >= 0.6 is 0 Å². The lowest BCUT2D eigenvalue weighted by Gasteiger charge is -2.31. The fraction of sp³-hybridized carbons (Fsp3) is 0.462. The molecule has 1 unspecified atom stereocenters. The van der Waals surface area contributed by atoms with Crippen molar-refractivity contribution in [1.29, 1.82) is 0 Å². The third-order valence-corrected chi connectivity index (χ3v) is 5.42. The minimum absolute atomic E-state index is 0.0144. The molecule has 2 amide bonds. The molecule has 0 aromatic heterocycles. The van der Waals surface area contributed by atoms with Gasteiger partial charge in [0, 0.05) is 12.6 Å². The number of ether oxygens (including phenoxy) is 2. The molecule has 1 N–H and O–H groups in total. The van der Waals surface area contributed by atoms with Crippen molar-refractivity contribution in [2.45, 2.75) is 66.6 Å². The summed E-state index contributed by atoms with van der Waals surface area (Å²) in [5, 5.41) is 2.94. The molecule has 0 fully saturated rings. The third kappa shape index (κ3) is 6.74. The molecule has 6 heteroatoms. The van der Waals surface area contributed by atoms with Crippen LogP contribution in [0.15, 0.2) is 36.4 Å². The molecule has 0 radical (unpaired) electrons. The Bertz CT molecular complexity index is 939. The zero-order chi connectivity index (χ0) is 23.8. The minimum atomic E-state index is -0.597. The SMILES string of the molecule is CCC(C(=O)NC(C)C)N(Cc1cccc(OC)c1)C(=O)COc1cc(C)cc(C)c1C. The first-order chi connectivity index (χ1) is 15.2. The standard InChI is InChI=1S/C26H36N2O4/c1-8-23(26(30)27-17(2)3)28(15-21-10-9-11-22(14-21)31-7)25(29)16-32-24-13-18(4)12-19(5)20(24)6/h9-14,17,23H,8,15-16H2,1-7H3,(H,27,30). The van der Waals surface area contributed by atoms with E-state index in [0.29, 0.717) is 17.9 Å². The van der Waals surface area contributed by atoms with Gasteiger partial charge in [0.2, 0.25) is 5.91 Å². The zero-order valence-corrected chi connectivity index (χ0v) is 20.3. The van der Waals surface area contributed by atoms with Gasteiger partial charge in [0.15, 0.2) is 6.61 Å². The molecule has 32 heavy (non-hydrogen) atoms. The first-order valence-corrected chi connectivity index (χ1v) is 11.1. The molecule has 174 valence electrons. The largest absolute Gasteiger partial charge is 0.497 e. The van der Waals surface area contributed by atoms with Crippen LogP contribution in [0.4, 0.5) is 0 Å². The van der Waals surface area contributed by atoms with Gasteiger partial charge in [-0.25, -0.2) is 0 Å². The summed E-state index contributed by atoms with van der Waals surface area (Å²) in [6, 6.07) is 10.9. The summed E-state index contributed by atoms with van der Waals surface area (Å²) in [4.78, 5) is 27.8. The van der Waals surface area contributed by atoms with E-state index >= 15 is 0 Å². The molecule has 0 aliphatic rings. The second-order valence-electron chi connectivity index (χ2n) is 8.45. The maximum Gasteiger partial charge on any atom is 0.261 e. The van der Waals surface area contributed by atoms with Gasteiger partial charge in [-0.2, -0.15) is 0 Å². The van der Waals surface area contributed by atoms with Crippen molar-refractivity contribution in [2.24, 2.45) is 0 Å². The summed E-state index contributed by atoms with van der Waals surface area (Å²) in [5.74, 6) is 0.993. The molecular weight excluding hydrogens is 404 g/mol. The number of rotatable bonds is 10. The van der Waals surface area contributed by atoms with E-state index in [1.165, 1.54) is 0 Å². The average molecular weight is 441 g/mol. The fourth-order valence-corrected chi connectivity index (χ4v) is 3.64. The van der Waals surface area contributed by atoms with Crippen LogP contribution in [0.3, 0.4) is 0 Å². The fourth-order valence-electron chi connectivity index (χ4n) is 3.64. The van der Waals surface area contributed by atoms with E-state index in [9.17, 15) is 9.59 Å². The van der Waals surface area contributed by atoms with Crippen molar-refractivity contribution >= 4 is 11.8 Å². The molecule has 0 aliphatic carbocycles. The number of methoxy groups -OCH3 is 1. The van der Waals surface area contributed by atoms with E-state index < -0.39 is 6.04 Å². The molecule has 0 aliphatic heterocycles. The maximum absolute atomic E-state index is 13.3. The molecule has 6 nitrogen and oxygen atoms in total. The zero-order valence-electron chi connectivity index (χ0n) is 20.3. The molecule has 0 heterocycles. The Morgan fingerprint density at radius 2 is 1.81 bits per heavy atom. The molecule has 0 bridgehead atoms. The van der Waals surface area contributed by atoms with Crippen molar-refractivity contribution in [1.82, 2.24) is 10.2 Å². The Hall–Kier alpha value is -3.02. The monoisotopic (exact) mass is 440 g/mol. The number of hydrogen-bond acceptors (Lipinski definition) is 4. The Balaban J connectivity index is 2.29. The lowest BCUT2D eigenvalue weighted by Crippen LogP contribution is -2.51. The number of amides is 2. The first kappa shape index (κ1) is 25.2. The van der Waals surface area contributed by atoms with Crippen LogP contribution in [-0.2, 0) is 16.1 Å². The van der Waals surface area contributed by atoms with Crippen molar-refractivity contribution in [3.05, 3.63) is 58.7 Å². The predicted molar refractivity (Wildman–Crippen MR) is 127 cm³/mol. The van der Waals surface area contributed by atoms with Crippen molar-refractivity contribution in [3.63, 3.8) is 0 Å². The van der Waals surface area contributed by atoms with Gasteiger partial charge in [-0.1, -0.05) is 25.1 Å². The second-order valence-corrected chi connectivity index (χ2v) is 8.45. The molecule has 0 saturated carbocycles. The highest BCUT2D eigenvalue weighted by Gasteiger charge is 2.29. The van der Waals surface area contributed by atoms with Crippen molar-refractivity contribution in [2.75, 3.05) is 13.7 Å². The van der Waals surface area contributed by atoms with Gasteiger partial charge >= 0.3 is 0 Å². The molecule has 2 rings (SSSR count). The number of nitrogens with one attached hydrogen (secondary N) is 1. The number of carbonyl (C=O) groups excluding carboxylic acids is 2. The van der Waals surface area contributed by atoms with Crippen LogP contribution in [-0.4, -0.2) is 42.5 Å². The Kier molecular flexibility index (Phi) is 9.12. The Labute approximate surface area is 191 Å². The third-order valence-electron chi connectivity index (χ3n) is 5.42. The molecule has 1 atom stereocenters. The lowest BCUT2D eigenvalue weighted by atomic mass is 10.1. The average Bonchev–Trinajstić information content (AvgIpc) is 2.74. The van der Waals surface area contributed by atoms with Crippen LogP contribution in [0.5, 0.6) is 11.5 Å². The highest BCUT2D eigenvalue weighted by molar-refractivity contribution is 5.88. The Morgan fingerprint density at radius 3 is 2.44 bits per heavy atom. The summed E-state index contributed by atoms with van der Waals surface area (Å²) < 4.78 is 11.2. The van der Waals surface area contributed by atoms with Crippen LogP contribution < -0.4 is 14.8 Å². The number of nitrogens with zero attached hydrogens (tertiary/aromatic N) is 1. The van der Waals surface area contributed by atoms with E-state index in [1.807, 2.05) is 71.9 Å². The molecule has 0 saturated heterocycles. The molecule has 2 aromatic carbocycles. The summed E-state index contributed by atoms with van der Waals surface area (Å²) >= 11 is 0. The van der Waals surface area contributed by atoms with E-state index in [4.69, 9.17) is 9.47 Å². The summed E-state index contributed by atoms with van der Waals surface area (Å²) in [5.41, 5.74) is 4.08. The van der Waals surface area contributed by atoms with Gasteiger partial charge in [-0.15, -0.1) is 0 Å². The topological polar surface area (TPSA) is 67.9 Å². The van der Waals surface area contributed by atoms with Gasteiger partial charge in [0.1, 0.15) is 17.5 Å². The quantitative estimate of drug-likeness (QED) is 0.597. The van der Waals surface area contributed by atoms with E-state index in [1.54, 1.807) is 12.0 Å². The summed E-state index contributed by atoms with van der Waals surface area (Å²) in [6.07, 6.45) is 0.497. The van der Waals surface area contributed by atoms with E-state index in [0.717, 1.165) is 22.3 Å². The van der Waals surface area contributed by atoms with Gasteiger partial charge in [-0.3, -0.25) is 9.59 Å². The smallest absolute Gasteiger partial charge is 0.261 e. The maximum atomic E-state index is 13.3. The number of benzene rings is 2. The van der Waals surface area contributed by atoms with Gasteiger partial charge in [-0.05, 0) is 81.5 Å². The summed E-state index contributed by atoms with van der Waals surface area (Å²) in [7, 11) is 1.60. The minimum Gasteiger partial charge on any atom is -0.497 e. The first-order valence-electron chi connectivity index (χ1n) is 11.1. The number of aryl methyl sites for hydroxylation is 2. The highest BCUT2D eigenvalue weighted by atomic mass is 16.5. The lowest BCUT2D eigenvalue weighted by molar-refractivity contribution is -0.143. The van der Waals surface area contributed by atoms with Crippen molar-refractivity contribution < 1.29 is 19.1 Å². The van der Waals surface area contributed by atoms with Gasteiger partial charge < -0.3 is 19.7 Å². The highest BCUT2D eigenvalue weighted by Crippen LogP contribution is 2.24. The molecular formula is C26H36N2O4. The van der Waals surface area contributed by atoms with Gasteiger partial charge in [0.25, 0.3) is 5.91 Å². The van der Waals surface area contributed by atoms with E-state index in [2.05, 4.69) is 11.4 Å². The summed E-state index contributed by atoms with van der Waals surface area (Å²) in [6.45, 7) is 11.9. The normalized spacial score (nSPS) is 11.8. The number of hydrogen-bond donors (Lipinski definition) is 1. The molecule has 0 spiro atoms. The van der Waals surface area contributed by atoms with Crippen LogP contribution in [0.1, 0.15) is 49.4 Å². The predicted octanol–water partition coefficient (Wildman–Crippen LogP) is 4.33. The number of carbonyl (C=O) groups is 2. The molecule has 2 aromatic rings. The second kappa shape index (κ2) is 11.6. The van der Waals surface area contributed by atoms with E-state index in [-0.39, 0.29) is 31.0 Å². The van der Waals surface area contributed by atoms with Crippen LogP contribution in [0.25, 0.3) is 0 Å². The van der Waals surface area contributed by atoms with Crippen LogP contribution in [0.2, 0.25) is 0 Å². The van der Waals surface area contributed by atoms with Crippen LogP contribution in [0, 0.1) is 20.8 Å².